The third-order valence-electron chi connectivity index (χ3n) is 2.22. The van der Waals surface area contributed by atoms with Gasteiger partial charge in [0.1, 0.15) is 0 Å². The molecule has 0 bridgehead atoms. The van der Waals surface area contributed by atoms with Crippen molar-refractivity contribution in [1.29, 1.82) is 0 Å². The maximum absolute atomic E-state index is 11.1. The second-order valence-corrected chi connectivity index (χ2v) is 3.35. The van der Waals surface area contributed by atoms with Crippen LogP contribution in [-0.2, 0) is 9.53 Å². The molecule has 0 radical (unpaired) electrons. The van der Waals surface area contributed by atoms with Crippen molar-refractivity contribution in [1.82, 2.24) is 4.98 Å². The molecule has 84 valence electrons. The van der Waals surface area contributed by atoms with Gasteiger partial charge in [0.15, 0.2) is 0 Å². The Labute approximate surface area is 99.4 Å². The lowest BCUT2D eigenvalue weighted by atomic mass is 10.1. The number of fused-ring (bicyclic) bond motifs is 1. The van der Waals surface area contributed by atoms with Crippen LogP contribution in [0.2, 0.25) is 0 Å². The maximum Gasteiger partial charge on any atom is 0.384 e. The average Bonchev–Trinajstić information content (AvgIpc) is 2.36. The Bertz CT molecular complexity index is 603. The molecule has 0 spiro atoms. The predicted octanol–water partition coefficient (Wildman–Crippen LogP) is 2.15. The number of nitrogens with zero attached hydrogens (tertiary/aromatic N) is 1. The topological polar surface area (TPSA) is 39.2 Å². The molecule has 0 aliphatic heterocycles. The van der Waals surface area contributed by atoms with Crippen molar-refractivity contribution in [2.24, 2.45) is 0 Å². The summed E-state index contributed by atoms with van der Waals surface area (Å²) in [5, 5.41) is 0.937. The number of carbonyl (C=O) groups excluding carboxylic acids is 1. The van der Waals surface area contributed by atoms with Crippen LogP contribution in [0.4, 0.5) is 0 Å². The van der Waals surface area contributed by atoms with Crippen LogP contribution in [0, 0.1) is 11.8 Å². The van der Waals surface area contributed by atoms with Crippen molar-refractivity contribution >= 4 is 16.9 Å². The average molecular weight is 225 g/mol. The number of pyridine rings is 1. The van der Waals surface area contributed by atoms with Crippen molar-refractivity contribution < 1.29 is 9.53 Å². The first-order valence-corrected chi connectivity index (χ1v) is 5.34. The monoisotopic (exact) mass is 225 g/mol. The van der Waals surface area contributed by atoms with Gasteiger partial charge in [0, 0.05) is 23.1 Å². The Balaban J connectivity index is 2.39. The molecular weight excluding hydrogens is 214 g/mol. The number of hydrogen-bond acceptors (Lipinski definition) is 3. The van der Waals surface area contributed by atoms with Gasteiger partial charge in [0.05, 0.1) is 12.1 Å². The highest BCUT2D eigenvalue weighted by molar-refractivity contribution is 5.91. The molecule has 0 N–H and O–H groups in total. The Hall–Kier alpha value is -2.34. The van der Waals surface area contributed by atoms with E-state index >= 15 is 0 Å². The van der Waals surface area contributed by atoms with Gasteiger partial charge < -0.3 is 4.74 Å². The molecular formula is C14H11NO2. The Kier molecular flexibility index (Phi) is 3.37. The summed E-state index contributed by atoms with van der Waals surface area (Å²) in [6.45, 7) is 2.09. The van der Waals surface area contributed by atoms with Crippen LogP contribution in [-0.4, -0.2) is 17.6 Å². The van der Waals surface area contributed by atoms with Crippen molar-refractivity contribution in [3.63, 3.8) is 0 Å². The van der Waals surface area contributed by atoms with Crippen LogP contribution in [0.1, 0.15) is 12.5 Å². The number of carbonyl (C=O) groups is 1. The fourth-order valence-corrected chi connectivity index (χ4v) is 1.50. The lowest BCUT2D eigenvalue weighted by Gasteiger charge is -1.98. The quantitative estimate of drug-likeness (QED) is 0.551. The Morgan fingerprint density at radius 2 is 2.24 bits per heavy atom. The number of hydrogen-bond donors (Lipinski definition) is 0. The van der Waals surface area contributed by atoms with E-state index in [1.54, 1.807) is 13.1 Å². The zero-order valence-corrected chi connectivity index (χ0v) is 9.43. The molecule has 3 heteroatoms. The smallest absolute Gasteiger partial charge is 0.384 e. The van der Waals surface area contributed by atoms with Crippen LogP contribution >= 0.6 is 0 Å². The predicted molar refractivity (Wildman–Crippen MR) is 65.3 cm³/mol. The highest BCUT2D eigenvalue weighted by Crippen LogP contribution is 2.14. The van der Waals surface area contributed by atoms with Crippen LogP contribution in [0.25, 0.3) is 10.9 Å². The number of rotatable bonds is 1. The molecule has 2 aromatic rings. The highest BCUT2D eigenvalue weighted by atomic mass is 16.5. The molecule has 0 amide bonds. The van der Waals surface area contributed by atoms with Gasteiger partial charge in [-0.15, -0.1) is 0 Å². The van der Waals surface area contributed by atoms with E-state index in [9.17, 15) is 4.79 Å². The SMILES string of the molecule is CCOC(=O)C#Cc1cccc2ncccc12. The number of aromatic nitrogens is 1. The number of esters is 1. The normalized spacial score (nSPS) is 9.47. The molecule has 1 aromatic carbocycles. The van der Waals surface area contributed by atoms with E-state index in [4.69, 9.17) is 4.74 Å². The van der Waals surface area contributed by atoms with Gasteiger partial charge in [-0.2, -0.15) is 0 Å². The standard InChI is InChI=1S/C14H11NO2/c1-2-17-14(16)9-8-11-5-3-7-13-12(11)6-4-10-15-13/h3-7,10H,2H2,1H3. The van der Waals surface area contributed by atoms with Crippen LogP contribution in [0.3, 0.4) is 0 Å². The van der Waals surface area contributed by atoms with E-state index in [1.165, 1.54) is 0 Å². The molecule has 3 nitrogen and oxygen atoms in total. The zero-order chi connectivity index (χ0) is 12.1. The summed E-state index contributed by atoms with van der Waals surface area (Å²) < 4.78 is 4.75. The second-order valence-electron chi connectivity index (χ2n) is 3.35. The van der Waals surface area contributed by atoms with Gasteiger partial charge in [-0.1, -0.05) is 18.1 Å². The van der Waals surface area contributed by atoms with Gasteiger partial charge >= 0.3 is 5.97 Å². The minimum Gasteiger partial charge on any atom is -0.456 e. The largest absolute Gasteiger partial charge is 0.456 e. The Morgan fingerprint density at radius 1 is 1.35 bits per heavy atom. The minimum absolute atomic E-state index is 0.338. The molecule has 2 rings (SSSR count). The first-order chi connectivity index (χ1) is 8.31. The molecule has 1 aromatic heterocycles. The summed E-state index contributed by atoms with van der Waals surface area (Å²) in [5.74, 6) is 4.75. The van der Waals surface area contributed by atoms with Crippen LogP contribution < -0.4 is 0 Å². The van der Waals surface area contributed by atoms with E-state index in [1.807, 2.05) is 30.3 Å². The molecule has 0 atom stereocenters. The van der Waals surface area contributed by atoms with E-state index in [0.29, 0.717) is 6.61 Å². The van der Waals surface area contributed by atoms with Crippen molar-refractivity contribution in [3.8, 4) is 11.8 Å². The lowest BCUT2D eigenvalue weighted by molar-refractivity contribution is -0.136. The molecule has 1 heterocycles. The summed E-state index contributed by atoms with van der Waals surface area (Å²) >= 11 is 0. The van der Waals surface area contributed by atoms with Crippen LogP contribution in [0.15, 0.2) is 36.5 Å². The van der Waals surface area contributed by atoms with Crippen LogP contribution in [0.5, 0.6) is 0 Å². The van der Waals surface area contributed by atoms with E-state index in [2.05, 4.69) is 16.8 Å². The molecule has 0 unspecified atom stereocenters. The maximum atomic E-state index is 11.1. The molecule has 17 heavy (non-hydrogen) atoms. The third-order valence-corrected chi connectivity index (χ3v) is 2.22. The van der Waals surface area contributed by atoms with Gasteiger partial charge in [-0.05, 0) is 25.1 Å². The lowest BCUT2D eigenvalue weighted by Crippen LogP contribution is -1.99. The fraction of sp³-hybridized carbons (Fsp3) is 0.143. The summed E-state index contributed by atoms with van der Waals surface area (Å²) in [4.78, 5) is 15.4. The first kappa shape index (κ1) is 11.2. The van der Waals surface area contributed by atoms with Gasteiger partial charge in [0.2, 0.25) is 0 Å². The summed E-state index contributed by atoms with van der Waals surface area (Å²) in [6.07, 6.45) is 1.73. The van der Waals surface area contributed by atoms with E-state index in [-0.39, 0.29) is 0 Å². The van der Waals surface area contributed by atoms with Gasteiger partial charge in [-0.25, -0.2) is 4.79 Å². The first-order valence-electron chi connectivity index (χ1n) is 5.34. The molecule has 0 aliphatic carbocycles. The fourth-order valence-electron chi connectivity index (χ4n) is 1.50. The molecule has 0 saturated heterocycles. The number of benzene rings is 1. The van der Waals surface area contributed by atoms with Crippen molar-refractivity contribution in [3.05, 3.63) is 42.1 Å². The molecule has 0 aliphatic rings. The second kappa shape index (κ2) is 5.13. The van der Waals surface area contributed by atoms with Gasteiger partial charge in [-0.3, -0.25) is 4.98 Å². The third kappa shape index (κ3) is 2.61. The zero-order valence-electron chi connectivity index (χ0n) is 9.43. The van der Waals surface area contributed by atoms with Crippen molar-refractivity contribution in [2.75, 3.05) is 6.61 Å². The minimum atomic E-state index is -0.506. The van der Waals surface area contributed by atoms with Crippen molar-refractivity contribution in [2.45, 2.75) is 6.92 Å². The van der Waals surface area contributed by atoms with E-state index < -0.39 is 5.97 Å². The summed E-state index contributed by atoms with van der Waals surface area (Å²) in [6, 6.07) is 9.40. The summed E-state index contributed by atoms with van der Waals surface area (Å²) in [5.41, 5.74) is 1.65. The van der Waals surface area contributed by atoms with E-state index in [0.717, 1.165) is 16.5 Å². The summed E-state index contributed by atoms with van der Waals surface area (Å²) in [7, 11) is 0. The molecule has 0 saturated carbocycles. The highest BCUT2D eigenvalue weighted by Gasteiger charge is 1.98. The number of ether oxygens (including phenoxy) is 1. The van der Waals surface area contributed by atoms with Gasteiger partial charge in [0.25, 0.3) is 0 Å². The Morgan fingerprint density at radius 3 is 3.06 bits per heavy atom. The molecule has 0 fully saturated rings.